The average Bonchev–Trinajstić information content (AvgIpc) is 2.70. The van der Waals surface area contributed by atoms with Gasteiger partial charge in [0.1, 0.15) is 0 Å². The first kappa shape index (κ1) is 27.9. The molecule has 0 aromatic rings. The largest absolute Gasteiger partial charge is 0.465 e. The predicted octanol–water partition coefficient (Wildman–Crippen LogP) is 7.24. The number of carbonyl (C=O) groups excluding carboxylic acids is 2. The van der Waals surface area contributed by atoms with E-state index in [2.05, 4.69) is 13.8 Å². The van der Waals surface area contributed by atoms with Crippen LogP contribution in [0, 0.1) is 11.3 Å². The summed E-state index contributed by atoms with van der Waals surface area (Å²) in [5.74, 6) is -0.267. The lowest BCUT2D eigenvalue weighted by Crippen LogP contribution is -2.30. The number of hydrogen-bond acceptors (Lipinski definition) is 4. The Morgan fingerprint density at radius 1 is 0.724 bits per heavy atom. The minimum absolute atomic E-state index is 0.0139. The number of hydrogen-bond donors (Lipinski definition) is 0. The molecule has 0 heterocycles. The van der Waals surface area contributed by atoms with E-state index < -0.39 is 0 Å². The van der Waals surface area contributed by atoms with Gasteiger partial charge in [0.15, 0.2) is 0 Å². The molecule has 0 fully saturated rings. The number of carbonyl (C=O) groups is 2. The summed E-state index contributed by atoms with van der Waals surface area (Å²) in [5.41, 5.74) is -0.354. The van der Waals surface area contributed by atoms with Gasteiger partial charge in [-0.05, 0) is 19.3 Å². The van der Waals surface area contributed by atoms with Crippen LogP contribution in [0.4, 0.5) is 0 Å². The maximum atomic E-state index is 12.2. The second-order valence-corrected chi connectivity index (χ2v) is 9.26. The van der Waals surface area contributed by atoms with Crippen LogP contribution in [-0.4, -0.2) is 25.2 Å². The number of rotatable bonds is 19. The van der Waals surface area contributed by atoms with Crippen molar-refractivity contribution in [1.29, 1.82) is 0 Å². The first-order chi connectivity index (χ1) is 13.9. The normalized spacial score (nSPS) is 12.6. The Morgan fingerprint density at radius 3 is 1.79 bits per heavy atom. The van der Waals surface area contributed by atoms with Gasteiger partial charge >= 0.3 is 11.9 Å². The molecule has 4 heteroatoms. The molecule has 0 aliphatic heterocycles. The van der Waals surface area contributed by atoms with Crippen molar-refractivity contribution in [2.24, 2.45) is 11.3 Å². The van der Waals surface area contributed by atoms with Gasteiger partial charge in [0.25, 0.3) is 0 Å². The second kappa shape index (κ2) is 17.8. The molecule has 0 aliphatic rings. The molecule has 1 unspecified atom stereocenters. The van der Waals surface area contributed by atoms with Crippen molar-refractivity contribution in [2.45, 2.75) is 125 Å². The van der Waals surface area contributed by atoms with E-state index in [4.69, 9.17) is 9.47 Å². The fourth-order valence-corrected chi connectivity index (χ4v) is 3.29. The van der Waals surface area contributed by atoms with Crippen LogP contribution in [0.1, 0.15) is 125 Å². The first-order valence-corrected chi connectivity index (χ1v) is 12.2. The molecule has 1 atom stereocenters. The van der Waals surface area contributed by atoms with Crippen molar-refractivity contribution >= 4 is 11.9 Å². The Balaban J connectivity index is 3.85. The van der Waals surface area contributed by atoms with E-state index in [-0.39, 0.29) is 23.3 Å². The Bertz CT molecular complexity index is 417. The molecular formula is C25H48O4. The molecule has 0 saturated heterocycles. The first-order valence-electron chi connectivity index (χ1n) is 12.2. The van der Waals surface area contributed by atoms with Crippen molar-refractivity contribution in [3.05, 3.63) is 0 Å². The van der Waals surface area contributed by atoms with Crippen LogP contribution in [0.25, 0.3) is 0 Å². The minimum Gasteiger partial charge on any atom is -0.465 e. The third kappa shape index (κ3) is 16.4. The molecule has 4 nitrogen and oxygen atoms in total. The zero-order valence-electron chi connectivity index (χ0n) is 20.0. The van der Waals surface area contributed by atoms with Gasteiger partial charge in [0.2, 0.25) is 0 Å². The van der Waals surface area contributed by atoms with E-state index in [1.54, 1.807) is 0 Å². The summed E-state index contributed by atoms with van der Waals surface area (Å²) in [6, 6.07) is 0. The molecule has 0 N–H and O–H groups in total. The number of unbranched alkanes of at least 4 members (excludes halogenated alkanes) is 9. The summed E-state index contributed by atoms with van der Waals surface area (Å²) in [6.07, 6.45) is 15.4. The smallest absolute Gasteiger partial charge is 0.308 e. The lowest BCUT2D eigenvalue weighted by atomic mass is 9.95. The van der Waals surface area contributed by atoms with E-state index >= 15 is 0 Å². The van der Waals surface area contributed by atoms with Crippen LogP contribution in [0.3, 0.4) is 0 Å². The van der Waals surface area contributed by atoms with Gasteiger partial charge in [0, 0.05) is 11.8 Å². The van der Waals surface area contributed by atoms with E-state index in [0.29, 0.717) is 19.6 Å². The number of esters is 2. The highest BCUT2D eigenvalue weighted by molar-refractivity contribution is 5.72. The molecule has 0 spiro atoms. The Kier molecular flexibility index (Phi) is 17.1. The molecule has 0 aliphatic carbocycles. The fraction of sp³-hybridized carbons (Fsp3) is 0.920. The van der Waals surface area contributed by atoms with Crippen LogP contribution in [0.2, 0.25) is 0 Å². The maximum absolute atomic E-state index is 12.2. The molecule has 0 aromatic heterocycles. The molecular weight excluding hydrogens is 364 g/mol. The van der Waals surface area contributed by atoms with E-state index in [9.17, 15) is 9.59 Å². The lowest BCUT2D eigenvalue weighted by molar-refractivity contribution is -0.156. The minimum atomic E-state index is -0.354. The summed E-state index contributed by atoms with van der Waals surface area (Å²) in [4.78, 5) is 24.2. The van der Waals surface area contributed by atoms with Crippen LogP contribution in [0.15, 0.2) is 0 Å². The summed E-state index contributed by atoms with van der Waals surface area (Å²) in [6.45, 7) is 10.9. The van der Waals surface area contributed by atoms with Crippen molar-refractivity contribution in [2.75, 3.05) is 13.2 Å². The summed E-state index contributed by atoms with van der Waals surface area (Å²) >= 11 is 0. The quantitative estimate of drug-likeness (QED) is 0.166. The molecule has 29 heavy (non-hydrogen) atoms. The molecule has 0 rings (SSSR count). The van der Waals surface area contributed by atoms with Crippen LogP contribution in [-0.2, 0) is 19.1 Å². The van der Waals surface area contributed by atoms with E-state index in [1.165, 1.54) is 44.9 Å². The molecule has 0 radical (unpaired) electrons. The molecule has 172 valence electrons. The van der Waals surface area contributed by atoms with Crippen LogP contribution in [0.5, 0.6) is 0 Å². The van der Waals surface area contributed by atoms with Crippen molar-refractivity contribution < 1.29 is 19.1 Å². The maximum Gasteiger partial charge on any atom is 0.308 e. The van der Waals surface area contributed by atoms with Crippen LogP contribution < -0.4 is 0 Å². The van der Waals surface area contributed by atoms with Gasteiger partial charge in [-0.25, -0.2) is 0 Å². The van der Waals surface area contributed by atoms with Crippen molar-refractivity contribution in [3.63, 3.8) is 0 Å². The second-order valence-electron chi connectivity index (χ2n) is 9.26. The van der Waals surface area contributed by atoms with Crippen molar-refractivity contribution in [3.8, 4) is 0 Å². The monoisotopic (exact) mass is 412 g/mol. The summed E-state index contributed by atoms with van der Waals surface area (Å²) in [5, 5.41) is 0. The Morgan fingerprint density at radius 2 is 1.24 bits per heavy atom. The third-order valence-corrected chi connectivity index (χ3v) is 5.45. The SMILES string of the molecule is CCCCCCCCCCCC(=O)OCC(C)(C)COC(=O)C(CC)CCCC. The molecule has 0 bridgehead atoms. The zero-order valence-corrected chi connectivity index (χ0v) is 20.0. The van der Waals surface area contributed by atoms with E-state index in [1.807, 2.05) is 20.8 Å². The average molecular weight is 413 g/mol. The summed E-state index contributed by atoms with van der Waals surface area (Å²) in [7, 11) is 0. The van der Waals surface area contributed by atoms with Gasteiger partial charge in [-0.3, -0.25) is 9.59 Å². The topological polar surface area (TPSA) is 52.6 Å². The molecule has 0 amide bonds. The van der Waals surface area contributed by atoms with Gasteiger partial charge in [0.05, 0.1) is 19.1 Å². The zero-order chi connectivity index (χ0) is 22.0. The highest BCUT2D eigenvalue weighted by atomic mass is 16.5. The van der Waals surface area contributed by atoms with Crippen molar-refractivity contribution in [1.82, 2.24) is 0 Å². The highest BCUT2D eigenvalue weighted by Gasteiger charge is 2.25. The lowest BCUT2D eigenvalue weighted by Gasteiger charge is -2.25. The fourth-order valence-electron chi connectivity index (χ4n) is 3.29. The summed E-state index contributed by atoms with van der Waals surface area (Å²) < 4.78 is 11.0. The molecule has 0 saturated carbocycles. The van der Waals surface area contributed by atoms with Gasteiger partial charge in [-0.15, -0.1) is 0 Å². The van der Waals surface area contributed by atoms with E-state index in [0.717, 1.165) is 38.5 Å². The van der Waals surface area contributed by atoms with Gasteiger partial charge < -0.3 is 9.47 Å². The highest BCUT2D eigenvalue weighted by Crippen LogP contribution is 2.20. The van der Waals surface area contributed by atoms with Crippen LogP contribution >= 0.6 is 0 Å². The number of ether oxygens (including phenoxy) is 2. The standard InChI is InChI=1S/C25H48O4/c1-6-9-11-12-13-14-15-16-17-19-23(26)28-20-25(4,5)21-29-24(27)22(8-3)18-10-7-2/h22H,6-21H2,1-5H3. The molecule has 0 aromatic carbocycles. The van der Waals surface area contributed by atoms with Gasteiger partial charge in [-0.1, -0.05) is 98.8 Å². The predicted molar refractivity (Wildman–Crippen MR) is 121 cm³/mol. The Labute approximate surface area is 180 Å². The third-order valence-electron chi connectivity index (χ3n) is 5.45. The van der Waals surface area contributed by atoms with Gasteiger partial charge in [-0.2, -0.15) is 0 Å². The Hall–Kier alpha value is -1.06.